The molecule has 0 saturated heterocycles. The molecule has 8 nitrogen and oxygen atoms in total. The van der Waals surface area contributed by atoms with Crippen LogP contribution < -0.4 is 21.7 Å². The minimum atomic E-state index is -0.536. The van der Waals surface area contributed by atoms with E-state index in [-0.39, 0.29) is 12.1 Å². The molecule has 2 aliphatic heterocycles. The minimum absolute atomic E-state index is 0.0473. The number of nitrogens with two attached hydrogens (primary N) is 2. The molecule has 0 saturated carbocycles. The molecule has 5 rings (SSSR count). The maximum absolute atomic E-state index is 15.3. The number of hydrogen-bond donors (Lipinski definition) is 3. The number of benzene rings is 2. The summed E-state index contributed by atoms with van der Waals surface area (Å²) in [6.45, 7) is 3.20. The van der Waals surface area contributed by atoms with Crippen molar-refractivity contribution in [2.75, 3.05) is 25.0 Å². The Labute approximate surface area is 186 Å². The lowest BCUT2D eigenvalue weighted by molar-refractivity contribution is 0.175. The van der Waals surface area contributed by atoms with Gasteiger partial charge in [-0.3, -0.25) is 10.6 Å². The highest BCUT2D eigenvalue weighted by molar-refractivity contribution is 5.61. The van der Waals surface area contributed by atoms with Crippen molar-refractivity contribution < 1.29 is 4.39 Å². The van der Waals surface area contributed by atoms with E-state index in [9.17, 15) is 0 Å². The average Bonchev–Trinajstić information content (AvgIpc) is 3.23. The summed E-state index contributed by atoms with van der Waals surface area (Å²) in [5.74, 6) is 0.267. The highest BCUT2D eigenvalue weighted by atomic mass is 19.1. The summed E-state index contributed by atoms with van der Waals surface area (Å²) in [4.78, 5) is 8.01. The molecule has 5 N–H and O–H groups in total. The van der Waals surface area contributed by atoms with Crippen LogP contribution in [0, 0.1) is 12.7 Å². The predicted octanol–water partition coefficient (Wildman–Crippen LogP) is 1.63. The second-order valence-electron chi connectivity index (χ2n) is 8.25. The van der Waals surface area contributed by atoms with Gasteiger partial charge < -0.3 is 16.0 Å². The van der Waals surface area contributed by atoms with Gasteiger partial charge in [-0.05, 0) is 43.3 Å². The summed E-state index contributed by atoms with van der Waals surface area (Å²) < 4.78 is 16.8. The molecule has 2 aliphatic rings. The van der Waals surface area contributed by atoms with E-state index in [1.54, 1.807) is 13.0 Å². The Bertz CT molecular complexity index is 1160. The van der Waals surface area contributed by atoms with E-state index >= 15 is 4.39 Å². The summed E-state index contributed by atoms with van der Waals surface area (Å²) in [5, 5.41) is 7.62. The molecule has 0 bridgehead atoms. The molecule has 2 aromatic carbocycles. The van der Waals surface area contributed by atoms with Gasteiger partial charge in [-0.1, -0.05) is 30.3 Å². The third kappa shape index (κ3) is 3.30. The van der Waals surface area contributed by atoms with E-state index in [0.29, 0.717) is 23.7 Å². The van der Waals surface area contributed by atoms with Crippen molar-refractivity contribution in [2.24, 2.45) is 11.5 Å². The first kappa shape index (κ1) is 20.8. The standard InChI is InChI=1S/C23H27FN8/c1-14-28-13-29-32(14)20-9-8-16(10-19(20)24)31-21-17(15-6-4-3-5-7-15)11-27-12-18(21)22(25)30(2)23(31)26/h3-10,13,17,22-23,27H,11-12,25-26H2,1-2H3. The zero-order chi connectivity index (χ0) is 22.4. The molecule has 1 aromatic heterocycles. The van der Waals surface area contributed by atoms with Crippen LogP contribution in [-0.2, 0) is 0 Å². The minimum Gasteiger partial charge on any atom is -0.315 e. The first-order valence-electron chi connectivity index (χ1n) is 10.6. The highest BCUT2D eigenvalue weighted by Crippen LogP contribution is 2.40. The number of likely N-dealkylation sites (N-methyl/N-ethyl adjacent to an activating group) is 1. The topological polar surface area (TPSA) is 101 Å². The Morgan fingerprint density at radius 2 is 1.91 bits per heavy atom. The molecular formula is C23H27FN8. The van der Waals surface area contributed by atoms with E-state index in [1.807, 2.05) is 41.1 Å². The third-order valence-electron chi connectivity index (χ3n) is 6.42. The van der Waals surface area contributed by atoms with Gasteiger partial charge in [-0.2, -0.15) is 5.10 Å². The highest BCUT2D eigenvalue weighted by Gasteiger charge is 2.41. The van der Waals surface area contributed by atoms with Crippen molar-refractivity contribution in [3.05, 3.63) is 83.3 Å². The Hall–Kier alpha value is -3.11. The molecule has 3 heterocycles. The van der Waals surface area contributed by atoms with Crippen molar-refractivity contribution in [3.63, 3.8) is 0 Å². The van der Waals surface area contributed by atoms with Gasteiger partial charge >= 0.3 is 0 Å². The number of anilines is 1. The van der Waals surface area contributed by atoms with Crippen molar-refractivity contribution >= 4 is 5.69 Å². The third-order valence-corrected chi connectivity index (χ3v) is 6.42. The van der Waals surface area contributed by atoms with Crippen LogP contribution in [0.3, 0.4) is 0 Å². The second-order valence-corrected chi connectivity index (χ2v) is 8.25. The van der Waals surface area contributed by atoms with Crippen LogP contribution in [-0.4, -0.2) is 52.3 Å². The van der Waals surface area contributed by atoms with Crippen LogP contribution in [0.5, 0.6) is 0 Å². The zero-order valence-corrected chi connectivity index (χ0v) is 18.1. The van der Waals surface area contributed by atoms with E-state index in [1.165, 1.54) is 17.1 Å². The molecule has 166 valence electrons. The summed E-state index contributed by atoms with van der Waals surface area (Å²) in [7, 11) is 1.89. The lowest BCUT2D eigenvalue weighted by atomic mass is 9.86. The van der Waals surface area contributed by atoms with Crippen molar-refractivity contribution in [3.8, 4) is 5.69 Å². The molecule has 0 amide bonds. The molecule has 32 heavy (non-hydrogen) atoms. The first-order chi connectivity index (χ1) is 15.5. The number of nitrogens with zero attached hydrogens (tertiary/aromatic N) is 5. The van der Waals surface area contributed by atoms with Gasteiger partial charge in [0.2, 0.25) is 0 Å². The Morgan fingerprint density at radius 3 is 2.59 bits per heavy atom. The maximum atomic E-state index is 15.3. The predicted molar refractivity (Wildman–Crippen MR) is 121 cm³/mol. The van der Waals surface area contributed by atoms with Crippen LogP contribution in [0.25, 0.3) is 5.69 Å². The fraction of sp³-hybridized carbons (Fsp3) is 0.304. The van der Waals surface area contributed by atoms with Crippen molar-refractivity contribution in [1.29, 1.82) is 0 Å². The Morgan fingerprint density at radius 1 is 1.12 bits per heavy atom. The van der Waals surface area contributed by atoms with E-state index in [2.05, 4.69) is 27.5 Å². The summed E-state index contributed by atoms with van der Waals surface area (Å²) in [5.41, 5.74) is 17.5. The fourth-order valence-corrected chi connectivity index (χ4v) is 4.68. The molecule has 0 fully saturated rings. The van der Waals surface area contributed by atoms with Gasteiger partial charge in [0.05, 0.1) is 6.17 Å². The summed E-state index contributed by atoms with van der Waals surface area (Å²) >= 11 is 0. The summed E-state index contributed by atoms with van der Waals surface area (Å²) in [6, 6.07) is 15.4. The Kier molecular flexibility index (Phi) is 5.26. The van der Waals surface area contributed by atoms with Gasteiger partial charge in [0, 0.05) is 30.4 Å². The summed E-state index contributed by atoms with van der Waals surface area (Å²) in [6.07, 6.45) is 0.555. The van der Waals surface area contributed by atoms with E-state index in [0.717, 1.165) is 23.4 Å². The molecule has 3 atom stereocenters. The normalized spacial score (nSPS) is 24.0. The number of hydrogen-bond acceptors (Lipinski definition) is 7. The smallest absolute Gasteiger partial charge is 0.151 e. The fourth-order valence-electron chi connectivity index (χ4n) is 4.68. The molecule has 9 heteroatoms. The van der Waals surface area contributed by atoms with Gasteiger partial charge in [0.1, 0.15) is 24.1 Å². The molecule has 0 radical (unpaired) electrons. The zero-order valence-electron chi connectivity index (χ0n) is 18.1. The van der Waals surface area contributed by atoms with Crippen LogP contribution in [0.4, 0.5) is 10.1 Å². The molecular weight excluding hydrogens is 407 g/mol. The number of nitrogens with one attached hydrogen (secondary N) is 1. The molecule has 0 spiro atoms. The second kappa shape index (κ2) is 8.10. The molecule has 3 aromatic rings. The van der Waals surface area contributed by atoms with Crippen molar-refractivity contribution in [1.82, 2.24) is 25.0 Å². The van der Waals surface area contributed by atoms with E-state index in [4.69, 9.17) is 11.5 Å². The number of rotatable bonds is 3. The van der Waals surface area contributed by atoms with Gasteiger partial charge in [-0.25, -0.2) is 14.1 Å². The van der Waals surface area contributed by atoms with Gasteiger partial charge in [0.15, 0.2) is 5.82 Å². The quantitative estimate of drug-likeness (QED) is 0.576. The number of aryl methyl sites for hydroxylation is 1. The van der Waals surface area contributed by atoms with Gasteiger partial charge in [0.25, 0.3) is 0 Å². The van der Waals surface area contributed by atoms with Crippen molar-refractivity contribution in [2.45, 2.75) is 25.3 Å². The largest absolute Gasteiger partial charge is 0.315 e. The molecule has 3 unspecified atom stereocenters. The maximum Gasteiger partial charge on any atom is 0.151 e. The van der Waals surface area contributed by atoms with E-state index < -0.39 is 12.1 Å². The Balaban J connectivity index is 1.64. The number of aromatic nitrogens is 3. The monoisotopic (exact) mass is 434 g/mol. The van der Waals surface area contributed by atoms with Crippen LogP contribution in [0.2, 0.25) is 0 Å². The van der Waals surface area contributed by atoms with Crippen LogP contribution in [0.15, 0.2) is 66.1 Å². The average molecular weight is 435 g/mol. The number of halogens is 1. The lowest BCUT2D eigenvalue weighted by Crippen LogP contribution is -2.65. The lowest BCUT2D eigenvalue weighted by Gasteiger charge is -2.50. The van der Waals surface area contributed by atoms with Gasteiger partial charge in [-0.15, -0.1) is 0 Å². The SMILES string of the molecule is Cc1ncnn1-c1ccc(N2C3=C(CNCC3c3ccccc3)C(N)N(C)C2N)cc1F. The van der Waals surface area contributed by atoms with Crippen LogP contribution >= 0.6 is 0 Å². The first-order valence-corrected chi connectivity index (χ1v) is 10.6. The van der Waals surface area contributed by atoms with Crippen LogP contribution in [0.1, 0.15) is 17.3 Å². The molecule has 0 aliphatic carbocycles.